The second-order valence-electron chi connectivity index (χ2n) is 8.56. The summed E-state index contributed by atoms with van der Waals surface area (Å²) in [5, 5.41) is 15.4. The third kappa shape index (κ3) is 7.47. The number of nitrogens with one attached hydrogen (secondary N) is 2. The van der Waals surface area contributed by atoms with E-state index in [1.807, 2.05) is 13.8 Å². The molecule has 196 valence electrons. The van der Waals surface area contributed by atoms with Crippen LogP contribution >= 0.6 is 35.0 Å². The Hall–Kier alpha value is -3.08. The van der Waals surface area contributed by atoms with Crippen molar-refractivity contribution in [2.24, 2.45) is 13.0 Å². The maximum atomic E-state index is 12.9. The summed E-state index contributed by atoms with van der Waals surface area (Å²) >= 11 is 13.4. The van der Waals surface area contributed by atoms with Crippen molar-refractivity contribution in [3.05, 3.63) is 69.5 Å². The molecule has 37 heavy (non-hydrogen) atoms. The SMILES string of the molecule is COC(=O)c1cc(NC(=O)CSc2nnc([C@H](CC(C)C)NC(=O)c3ccccc3Cl)n2C)ccc1Cl. The first-order valence-electron chi connectivity index (χ1n) is 11.4. The van der Waals surface area contributed by atoms with Gasteiger partial charge in [-0.05, 0) is 42.7 Å². The first-order valence-corrected chi connectivity index (χ1v) is 13.1. The number of amides is 2. The van der Waals surface area contributed by atoms with E-state index in [4.69, 9.17) is 27.9 Å². The molecule has 2 aromatic carbocycles. The van der Waals surface area contributed by atoms with E-state index < -0.39 is 12.0 Å². The Labute approximate surface area is 229 Å². The predicted octanol–water partition coefficient (Wildman–Crippen LogP) is 5.16. The zero-order chi connectivity index (χ0) is 27.1. The molecule has 0 unspecified atom stereocenters. The maximum absolute atomic E-state index is 12.9. The monoisotopic (exact) mass is 563 g/mol. The number of esters is 1. The predicted molar refractivity (Wildman–Crippen MR) is 144 cm³/mol. The van der Waals surface area contributed by atoms with Gasteiger partial charge >= 0.3 is 5.97 Å². The highest BCUT2D eigenvalue weighted by molar-refractivity contribution is 7.99. The van der Waals surface area contributed by atoms with Crippen LogP contribution in [-0.4, -0.2) is 45.4 Å². The molecule has 12 heteroatoms. The van der Waals surface area contributed by atoms with E-state index in [9.17, 15) is 14.4 Å². The Morgan fingerprint density at radius 1 is 1.05 bits per heavy atom. The standard InChI is InChI=1S/C25H27Cl2N5O4S/c1-14(2)11-20(29-23(34)16-7-5-6-8-18(16)26)22-30-31-25(32(22)3)37-13-21(33)28-15-9-10-19(27)17(12-15)24(35)36-4/h5-10,12,14,20H,11,13H2,1-4H3,(H,28,33)(H,29,34)/t20-/m0/s1. The molecule has 9 nitrogen and oxygen atoms in total. The van der Waals surface area contributed by atoms with E-state index >= 15 is 0 Å². The van der Waals surface area contributed by atoms with Gasteiger partial charge in [-0.3, -0.25) is 9.59 Å². The lowest BCUT2D eigenvalue weighted by Gasteiger charge is -2.20. The van der Waals surface area contributed by atoms with Gasteiger partial charge in [0, 0.05) is 12.7 Å². The first-order chi connectivity index (χ1) is 17.6. The zero-order valence-electron chi connectivity index (χ0n) is 20.7. The third-order valence-corrected chi connectivity index (χ3v) is 6.98. The lowest BCUT2D eigenvalue weighted by atomic mass is 10.0. The molecule has 1 heterocycles. The van der Waals surface area contributed by atoms with Crippen molar-refractivity contribution < 1.29 is 19.1 Å². The van der Waals surface area contributed by atoms with Crippen LogP contribution in [0.25, 0.3) is 0 Å². The van der Waals surface area contributed by atoms with Crippen LogP contribution in [0.5, 0.6) is 0 Å². The molecular weight excluding hydrogens is 537 g/mol. The third-order valence-electron chi connectivity index (χ3n) is 5.30. The molecule has 3 rings (SSSR count). The molecular formula is C25H27Cl2N5O4S. The van der Waals surface area contributed by atoms with E-state index in [1.54, 1.807) is 41.9 Å². The largest absolute Gasteiger partial charge is 0.465 e. The summed E-state index contributed by atoms with van der Waals surface area (Å²) in [6.07, 6.45) is 0.631. The molecule has 1 aromatic heterocycles. The molecule has 0 radical (unpaired) electrons. The molecule has 3 aromatic rings. The van der Waals surface area contributed by atoms with Gasteiger partial charge in [-0.15, -0.1) is 10.2 Å². The molecule has 2 N–H and O–H groups in total. The number of carbonyl (C=O) groups excluding carboxylic acids is 3. The minimum absolute atomic E-state index is 0.0446. The molecule has 0 spiro atoms. The topological polar surface area (TPSA) is 115 Å². The van der Waals surface area contributed by atoms with Gasteiger partial charge in [0.1, 0.15) is 0 Å². The number of nitrogens with zero attached hydrogens (tertiary/aromatic N) is 3. The molecule has 0 aliphatic rings. The van der Waals surface area contributed by atoms with Crippen molar-refractivity contribution in [3.63, 3.8) is 0 Å². The van der Waals surface area contributed by atoms with E-state index in [0.717, 1.165) is 0 Å². The number of hydrogen-bond donors (Lipinski definition) is 2. The molecule has 0 bridgehead atoms. The molecule has 1 atom stereocenters. The average Bonchev–Trinajstić information content (AvgIpc) is 3.23. The maximum Gasteiger partial charge on any atom is 0.339 e. The van der Waals surface area contributed by atoms with Crippen molar-refractivity contribution in [1.82, 2.24) is 20.1 Å². The highest BCUT2D eigenvalue weighted by Crippen LogP contribution is 2.26. The van der Waals surface area contributed by atoms with Crippen LogP contribution < -0.4 is 10.6 Å². The van der Waals surface area contributed by atoms with Crippen LogP contribution in [0.1, 0.15) is 52.9 Å². The Morgan fingerprint density at radius 2 is 1.76 bits per heavy atom. The van der Waals surface area contributed by atoms with Crippen molar-refractivity contribution in [3.8, 4) is 0 Å². The summed E-state index contributed by atoms with van der Waals surface area (Å²) in [6.45, 7) is 4.10. The van der Waals surface area contributed by atoms with Crippen LogP contribution in [0.4, 0.5) is 5.69 Å². The summed E-state index contributed by atoms with van der Waals surface area (Å²) in [5.74, 6) is -0.328. The van der Waals surface area contributed by atoms with Crippen molar-refractivity contribution in [2.45, 2.75) is 31.5 Å². The van der Waals surface area contributed by atoms with E-state index in [-0.39, 0.29) is 34.1 Å². The van der Waals surface area contributed by atoms with Crippen molar-refractivity contribution in [1.29, 1.82) is 0 Å². The van der Waals surface area contributed by atoms with Crippen LogP contribution in [-0.2, 0) is 16.6 Å². The molecule has 0 aliphatic heterocycles. The number of thioether (sulfide) groups is 1. The number of ether oxygens (including phenoxy) is 1. The number of rotatable bonds is 10. The average molecular weight is 564 g/mol. The summed E-state index contributed by atoms with van der Waals surface area (Å²) in [7, 11) is 3.04. The second kappa shape index (κ2) is 12.9. The first kappa shape index (κ1) is 28.5. The zero-order valence-corrected chi connectivity index (χ0v) is 23.1. The fraction of sp³-hybridized carbons (Fsp3) is 0.320. The van der Waals surface area contributed by atoms with Gasteiger partial charge in [0.2, 0.25) is 5.91 Å². The van der Waals surface area contributed by atoms with Gasteiger partial charge < -0.3 is 19.9 Å². The van der Waals surface area contributed by atoms with Gasteiger partial charge in [-0.1, -0.05) is 60.9 Å². The van der Waals surface area contributed by atoms with Gasteiger partial charge in [0.25, 0.3) is 5.91 Å². The molecule has 0 saturated heterocycles. The normalized spacial score (nSPS) is 11.8. The fourth-order valence-corrected chi connectivity index (χ4v) is 4.67. The minimum atomic E-state index is -0.598. The molecule has 0 saturated carbocycles. The molecule has 0 fully saturated rings. The van der Waals surface area contributed by atoms with Gasteiger partial charge in [0.15, 0.2) is 11.0 Å². The van der Waals surface area contributed by atoms with Crippen molar-refractivity contribution in [2.75, 3.05) is 18.2 Å². The van der Waals surface area contributed by atoms with Crippen molar-refractivity contribution >= 4 is 58.4 Å². The van der Waals surface area contributed by atoms with E-state index in [1.165, 1.54) is 31.0 Å². The van der Waals surface area contributed by atoms with Gasteiger partial charge in [-0.2, -0.15) is 0 Å². The number of benzene rings is 2. The van der Waals surface area contributed by atoms with Crippen LogP contribution in [0.3, 0.4) is 0 Å². The molecule has 0 aliphatic carbocycles. The number of halogens is 2. The van der Waals surface area contributed by atoms with Crippen LogP contribution in [0.15, 0.2) is 47.6 Å². The van der Waals surface area contributed by atoms with Gasteiger partial charge in [0.05, 0.1) is 40.1 Å². The fourth-order valence-electron chi connectivity index (χ4n) is 3.53. The molecule has 2 amide bonds. The number of aromatic nitrogens is 3. The summed E-state index contributed by atoms with van der Waals surface area (Å²) in [6, 6.07) is 11.0. The van der Waals surface area contributed by atoms with Crippen LogP contribution in [0.2, 0.25) is 10.0 Å². The number of hydrogen-bond acceptors (Lipinski definition) is 7. The summed E-state index contributed by atoms with van der Waals surface area (Å²) in [4.78, 5) is 37.3. The summed E-state index contributed by atoms with van der Waals surface area (Å²) < 4.78 is 6.46. The van der Waals surface area contributed by atoms with Gasteiger partial charge in [-0.25, -0.2) is 4.79 Å². The smallest absolute Gasteiger partial charge is 0.339 e. The Morgan fingerprint density at radius 3 is 2.43 bits per heavy atom. The Bertz CT molecular complexity index is 1300. The minimum Gasteiger partial charge on any atom is -0.465 e. The lowest BCUT2D eigenvalue weighted by Crippen LogP contribution is -2.31. The summed E-state index contributed by atoms with van der Waals surface area (Å²) in [5.41, 5.74) is 0.944. The Balaban J connectivity index is 1.69. The van der Waals surface area contributed by atoms with Crippen LogP contribution in [0, 0.1) is 5.92 Å². The number of methoxy groups -OCH3 is 1. The highest BCUT2D eigenvalue weighted by Gasteiger charge is 2.24. The quantitative estimate of drug-likeness (QED) is 0.258. The number of anilines is 1. The van der Waals surface area contributed by atoms with E-state index in [2.05, 4.69) is 20.8 Å². The lowest BCUT2D eigenvalue weighted by molar-refractivity contribution is -0.113. The Kier molecular flexibility index (Phi) is 9.96. The highest BCUT2D eigenvalue weighted by atomic mass is 35.5. The second-order valence-corrected chi connectivity index (χ2v) is 10.3. The van der Waals surface area contributed by atoms with E-state index in [0.29, 0.717) is 33.7 Å². The number of carbonyl (C=O) groups is 3.